The van der Waals surface area contributed by atoms with E-state index < -0.39 is 17.6 Å². The summed E-state index contributed by atoms with van der Waals surface area (Å²) in [5, 5.41) is 12.3. The molecule has 0 atom stereocenters. The highest BCUT2D eigenvalue weighted by Gasteiger charge is 2.24. The number of nitrogens with zero attached hydrogens (tertiary/aromatic N) is 4. The zero-order valence-electron chi connectivity index (χ0n) is 16.4. The van der Waals surface area contributed by atoms with Gasteiger partial charge in [-0.05, 0) is 48.5 Å². The molecule has 0 aliphatic heterocycles. The smallest absolute Gasteiger partial charge is 0.277 e. The van der Waals surface area contributed by atoms with Gasteiger partial charge in [0, 0.05) is 39.7 Å². The van der Waals surface area contributed by atoms with Crippen LogP contribution in [0.5, 0.6) is 0 Å². The Morgan fingerprint density at radius 1 is 1.00 bits per heavy atom. The van der Waals surface area contributed by atoms with Crippen molar-refractivity contribution in [3.63, 3.8) is 0 Å². The highest BCUT2D eigenvalue weighted by Crippen LogP contribution is 2.23. The number of hydrogen-bond acceptors (Lipinski definition) is 5. The summed E-state index contributed by atoms with van der Waals surface area (Å²) in [4.78, 5) is 30.0. The predicted molar refractivity (Wildman–Crippen MR) is 118 cm³/mol. The molecule has 0 aliphatic rings. The third-order valence-electron chi connectivity index (χ3n) is 4.50. The molecular weight excluding hydrogens is 433 g/mol. The Morgan fingerprint density at radius 3 is 2.38 bits per heavy atom. The second-order valence-corrected chi connectivity index (χ2v) is 7.06. The van der Waals surface area contributed by atoms with E-state index in [-0.39, 0.29) is 11.1 Å². The Bertz CT molecular complexity index is 1290. The number of H-pyrrole nitrogens is 1. The van der Waals surface area contributed by atoms with E-state index in [1.165, 1.54) is 49.1 Å². The molecule has 0 spiro atoms. The molecule has 0 radical (unpaired) electrons. The largest absolute Gasteiger partial charge is 0.281 e. The molecule has 0 bridgehead atoms. The summed E-state index contributed by atoms with van der Waals surface area (Å²) in [5.41, 5.74) is 2.23. The molecule has 158 valence electrons. The molecule has 0 unspecified atom stereocenters. The van der Waals surface area contributed by atoms with Crippen molar-refractivity contribution < 1.29 is 14.0 Å². The van der Waals surface area contributed by atoms with E-state index in [9.17, 15) is 14.0 Å². The molecule has 9 heteroatoms. The van der Waals surface area contributed by atoms with Crippen LogP contribution in [0.15, 0.2) is 84.4 Å². The number of benzene rings is 2. The lowest BCUT2D eigenvalue weighted by Gasteiger charge is -2.15. The van der Waals surface area contributed by atoms with Crippen LogP contribution in [0.25, 0.3) is 11.3 Å². The van der Waals surface area contributed by atoms with E-state index in [1.54, 1.807) is 18.2 Å². The molecular formula is C23H15ClFN5O2. The van der Waals surface area contributed by atoms with Crippen molar-refractivity contribution in [2.45, 2.75) is 0 Å². The molecule has 2 aromatic heterocycles. The minimum absolute atomic E-state index is 0.105. The topological polar surface area (TPSA) is 91.3 Å². The average Bonchev–Trinajstić information content (AvgIpc) is 3.28. The number of hydrogen-bond donors (Lipinski definition) is 1. The van der Waals surface area contributed by atoms with Crippen LogP contribution in [0.3, 0.4) is 0 Å². The maximum absolute atomic E-state index is 13.3. The third-order valence-corrected chi connectivity index (χ3v) is 4.73. The van der Waals surface area contributed by atoms with E-state index >= 15 is 0 Å². The second kappa shape index (κ2) is 9.32. The number of carbonyl (C=O) groups is 2. The SMILES string of the molecule is O=C(c1ccncc1)N(/N=C/c1cn[nH]c1-c1cccc(Cl)c1)C(=O)c1ccc(F)cc1. The van der Waals surface area contributed by atoms with Crippen LogP contribution < -0.4 is 0 Å². The van der Waals surface area contributed by atoms with Crippen molar-refractivity contribution >= 4 is 29.6 Å². The lowest BCUT2D eigenvalue weighted by Crippen LogP contribution is -2.32. The zero-order valence-corrected chi connectivity index (χ0v) is 17.2. The molecule has 32 heavy (non-hydrogen) atoms. The summed E-state index contributed by atoms with van der Waals surface area (Å²) in [6.45, 7) is 0. The maximum Gasteiger partial charge on any atom is 0.281 e. The molecule has 0 saturated heterocycles. The van der Waals surface area contributed by atoms with Crippen molar-refractivity contribution in [3.05, 3.63) is 107 Å². The van der Waals surface area contributed by atoms with Gasteiger partial charge < -0.3 is 0 Å². The molecule has 1 N–H and O–H groups in total. The number of carbonyl (C=O) groups excluding carboxylic acids is 2. The van der Waals surface area contributed by atoms with Crippen LogP contribution in [0, 0.1) is 5.82 Å². The predicted octanol–water partition coefficient (Wildman–Crippen LogP) is 4.58. The monoisotopic (exact) mass is 447 g/mol. The number of rotatable bonds is 5. The molecule has 2 aromatic carbocycles. The van der Waals surface area contributed by atoms with E-state index in [0.717, 1.165) is 22.7 Å². The molecule has 4 aromatic rings. The standard InChI is InChI=1S/C23H15ClFN5O2/c24-19-3-1-2-17(12-19)21-18(13-27-29-21)14-28-30(23(32)16-8-10-26-11-9-16)22(31)15-4-6-20(25)7-5-15/h1-14H,(H,27,29)/b28-14+. The summed E-state index contributed by atoms with van der Waals surface area (Å²) in [6, 6.07) is 14.9. The van der Waals surface area contributed by atoms with Crippen LogP contribution in [0.1, 0.15) is 26.3 Å². The Balaban J connectivity index is 1.71. The number of nitrogens with one attached hydrogen (secondary N) is 1. The lowest BCUT2D eigenvalue weighted by molar-refractivity contribution is 0.0621. The maximum atomic E-state index is 13.3. The number of aromatic nitrogens is 3. The van der Waals surface area contributed by atoms with Gasteiger partial charge in [-0.1, -0.05) is 23.7 Å². The number of amides is 2. The van der Waals surface area contributed by atoms with Gasteiger partial charge in [0.2, 0.25) is 0 Å². The van der Waals surface area contributed by atoms with Crippen LogP contribution in [-0.2, 0) is 0 Å². The van der Waals surface area contributed by atoms with E-state index in [1.807, 2.05) is 6.07 Å². The fourth-order valence-corrected chi connectivity index (χ4v) is 3.11. The number of aromatic amines is 1. The van der Waals surface area contributed by atoms with Crippen LogP contribution in [0.4, 0.5) is 4.39 Å². The van der Waals surface area contributed by atoms with Crippen molar-refractivity contribution in [2.75, 3.05) is 0 Å². The first-order valence-electron chi connectivity index (χ1n) is 9.40. The minimum atomic E-state index is -0.712. The fourth-order valence-electron chi connectivity index (χ4n) is 2.92. The summed E-state index contributed by atoms with van der Waals surface area (Å²) < 4.78 is 13.3. The van der Waals surface area contributed by atoms with E-state index in [2.05, 4.69) is 20.3 Å². The highest BCUT2D eigenvalue weighted by molar-refractivity contribution is 6.30. The lowest BCUT2D eigenvalue weighted by atomic mass is 10.1. The van der Waals surface area contributed by atoms with Crippen LogP contribution in [-0.4, -0.2) is 38.2 Å². The number of hydrazone groups is 1. The van der Waals surface area contributed by atoms with E-state index in [4.69, 9.17) is 11.6 Å². The quantitative estimate of drug-likeness (QED) is 0.275. The molecule has 0 aliphatic carbocycles. The molecule has 0 saturated carbocycles. The molecule has 2 heterocycles. The molecule has 7 nitrogen and oxygen atoms in total. The number of halogens is 2. The van der Waals surface area contributed by atoms with Gasteiger partial charge in [-0.15, -0.1) is 0 Å². The highest BCUT2D eigenvalue weighted by atomic mass is 35.5. The normalized spacial score (nSPS) is 10.9. The first-order chi connectivity index (χ1) is 15.5. The van der Waals surface area contributed by atoms with Crippen molar-refractivity contribution in [3.8, 4) is 11.3 Å². The summed E-state index contributed by atoms with van der Waals surface area (Å²) in [7, 11) is 0. The van der Waals surface area contributed by atoms with Crippen molar-refractivity contribution in [2.24, 2.45) is 5.10 Å². The molecule has 4 rings (SSSR count). The first-order valence-corrected chi connectivity index (χ1v) is 9.78. The Kier molecular flexibility index (Phi) is 6.14. The molecule has 0 fully saturated rings. The number of pyridine rings is 1. The number of imide groups is 1. The fraction of sp³-hybridized carbons (Fsp3) is 0. The summed E-state index contributed by atoms with van der Waals surface area (Å²) in [6.07, 6.45) is 5.73. The van der Waals surface area contributed by atoms with Gasteiger partial charge >= 0.3 is 0 Å². The van der Waals surface area contributed by atoms with Crippen molar-refractivity contribution in [1.82, 2.24) is 20.2 Å². The van der Waals surface area contributed by atoms with Gasteiger partial charge in [0.15, 0.2) is 0 Å². The second-order valence-electron chi connectivity index (χ2n) is 6.62. The van der Waals surface area contributed by atoms with Gasteiger partial charge in [0.05, 0.1) is 18.1 Å². The van der Waals surface area contributed by atoms with Gasteiger partial charge in [-0.3, -0.25) is 19.7 Å². The first kappa shape index (κ1) is 21.1. The van der Waals surface area contributed by atoms with Crippen LogP contribution >= 0.6 is 11.6 Å². The summed E-state index contributed by atoms with van der Waals surface area (Å²) in [5.74, 6) is -1.87. The zero-order chi connectivity index (χ0) is 22.5. The van der Waals surface area contributed by atoms with Crippen LogP contribution in [0.2, 0.25) is 5.02 Å². The Morgan fingerprint density at radius 2 is 1.69 bits per heavy atom. The average molecular weight is 448 g/mol. The van der Waals surface area contributed by atoms with Crippen molar-refractivity contribution in [1.29, 1.82) is 0 Å². The Labute approximate surface area is 187 Å². The Hall–Kier alpha value is -4.17. The molecule has 2 amide bonds. The third kappa shape index (κ3) is 4.60. The minimum Gasteiger partial charge on any atom is -0.277 e. The summed E-state index contributed by atoms with van der Waals surface area (Å²) >= 11 is 6.07. The van der Waals surface area contributed by atoms with Gasteiger partial charge in [0.1, 0.15) is 5.82 Å². The van der Waals surface area contributed by atoms with E-state index in [0.29, 0.717) is 16.3 Å². The van der Waals surface area contributed by atoms with Gasteiger partial charge in [-0.2, -0.15) is 15.2 Å². The van der Waals surface area contributed by atoms with Gasteiger partial charge in [0.25, 0.3) is 11.8 Å². The van der Waals surface area contributed by atoms with Gasteiger partial charge in [-0.25, -0.2) is 4.39 Å².